The van der Waals surface area contributed by atoms with E-state index in [1.165, 1.54) is 6.26 Å². The van der Waals surface area contributed by atoms with Crippen molar-refractivity contribution in [1.29, 1.82) is 0 Å². The average Bonchev–Trinajstić information content (AvgIpc) is 2.74. The fourth-order valence-electron chi connectivity index (χ4n) is 1.28. The number of aromatic nitrogens is 1. The summed E-state index contributed by atoms with van der Waals surface area (Å²) < 4.78 is 10.0. The zero-order valence-corrected chi connectivity index (χ0v) is 9.34. The number of hydrogen-bond acceptors (Lipinski definition) is 4. The monoisotopic (exact) mass is 232 g/mol. The molecule has 1 aromatic heterocycles. The van der Waals surface area contributed by atoms with E-state index in [-0.39, 0.29) is 6.54 Å². The number of amides is 1. The van der Waals surface area contributed by atoms with E-state index in [0.29, 0.717) is 17.3 Å². The van der Waals surface area contributed by atoms with Crippen molar-refractivity contribution in [3.8, 4) is 5.75 Å². The van der Waals surface area contributed by atoms with Crippen molar-refractivity contribution in [2.45, 2.75) is 13.5 Å². The van der Waals surface area contributed by atoms with E-state index in [4.69, 9.17) is 9.15 Å². The Morgan fingerprint density at radius 2 is 2.18 bits per heavy atom. The van der Waals surface area contributed by atoms with E-state index in [9.17, 15) is 4.79 Å². The summed E-state index contributed by atoms with van der Waals surface area (Å²) >= 11 is 0. The average molecular weight is 232 g/mol. The normalized spacial score (nSPS) is 9.94. The van der Waals surface area contributed by atoms with Gasteiger partial charge in [-0.1, -0.05) is 18.2 Å². The molecule has 0 unspecified atom stereocenters. The largest absolute Gasteiger partial charge is 0.449 e. The second-order valence-electron chi connectivity index (χ2n) is 3.41. The maximum Gasteiger partial charge on any atom is 0.412 e. The highest BCUT2D eigenvalue weighted by molar-refractivity contribution is 5.70. The number of para-hydroxylation sites is 1. The van der Waals surface area contributed by atoms with E-state index >= 15 is 0 Å². The third kappa shape index (κ3) is 3.34. The molecule has 1 amide bonds. The minimum Gasteiger partial charge on any atom is -0.449 e. The highest BCUT2D eigenvalue weighted by Crippen LogP contribution is 2.08. The Kier molecular flexibility index (Phi) is 3.40. The number of carbonyl (C=O) groups is 1. The Morgan fingerprint density at radius 1 is 1.41 bits per heavy atom. The van der Waals surface area contributed by atoms with Crippen molar-refractivity contribution in [3.63, 3.8) is 0 Å². The van der Waals surface area contributed by atoms with Crippen LogP contribution in [-0.4, -0.2) is 11.1 Å². The molecule has 5 nitrogen and oxygen atoms in total. The first kappa shape index (κ1) is 11.2. The SMILES string of the molecule is Cc1nc(CNC(=O)Oc2ccccc2)co1. The molecule has 0 radical (unpaired) electrons. The number of rotatable bonds is 3. The van der Waals surface area contributed by atoms with Gasteiger partial charge in [-0.25, -0.2) is 9.78 Å². The van der Waals surface area contributed by atoms with Gasteiger partial charge in [0.25, 0.3) is 0 Å². The first-order chi connectivity index (χ1) is 8.24. The predicted octanol–water partition coefficient (Wildman–Crippen LogP) is 2.27. The Morgan fingerprint density at radius 3 is 2.82 bits per heavy atom. The molecular formula is C12H12N2O3. The van der Waals surface area contributed by atoms with Gasteiger partial charge in [0.1, 0.15) is 12.0 Å². The van der Waals surface area contributed by atoms with Crippen LogP contribution in [0.25, 0.3) is 0 Å². The zero-order valence-electron chi connectivity index (χ0n) is 9.34. The Labute approximate surface area is 98.4 Å². The van der Waals surface area contributed by atoms with Gasteiger partial charge in [-0.15, -0.1) is 0 Å². The number of oxazole rings is 1. The molecule has 2 rings (SSSR count). The van der Waals surface area contributed by atoms with Crippen LogP contribution in [0.15, 0.2) is 41.0 Å². The number of hydrogen-bond donors (Lipinski definition) is 1. The molecule has 5 heteroatoms. The van der Waals surface area contributed by atoms with Crippen molar-refractivity contribution >= 4 is 6.09 Å². The van der Waals surface area contributed by atoms with Gasteiger partial charge in [-0.2, -0.15) is 0 Å². The lowest BCUT2D eigenvalue weighted by molar-refractivity contribution is 0.200. The number of ether oxygens (including phenoxy) is 1. The number of nitrogens with one attached hydrogen (secondary N) is 1. The summed E-state index contributed by atoms with van der Waals surface area (Å²) in [6.07, 6.45) is 0.981. The van der Waals surface area contributed by atoms with Gasteiger partial charge in [0, 0.05) is 6.92 Å². The fourth-order valence-corrected chi connectivity index (χ4v) is 1.28. The number of carbonyl (C=O) groups excluding carboxylic acids is 1. The van der Waals surface area contributed by atoms with Crippen LogP contribution >= 0.6 is 0 Å². The van der Waals surface area contributed by atoms with Crippen molar-refractivity contribution in [2.75, 3.05) is 0 Å². The Hall–Kier alpha value is -2.30. The minimum atomic E-state index is -0.517. The highest BCUT2D eigenvalue weighted by atomic mass is 16.6. The lowest BCUT2D eigenvalue weighted by Crippen LogP contribution is -2.26. The van der Waals surface area contributed by atoms with Crippen molar-refractivity contribution in [2.24, 2.45) is 0 Å². The van der Waals surface area contributed by atoms with Gasteiger partial charge in [0.15, 0.2) is 5.89 Å². The van der Waals surface area contributed by atoms with Crippen LogP contribution < -0.4 is 10.1 Å². The molecule has 88 valence electrons. The summed E-state index contributed by atoms with van der Waals surface area (Å²) in [7, 11) is 0. The minimum absolute atomic E-state index is 0.281. The molecule has 1 N–H and O–H groups in total. The first-order valence-electron chi connectivity index (χ1n) is 5.16. The van der Waals surface area contributed by atoms with Gasteiger partial charge in [-0.3, -0.25) is 0 Å². The maximum absolute atomic E-state index is 11.4. The molecule has 0 spiro atoms. The summed E-state index contributed by atoms with van der Waals surface area (Å²) in [5.74, 6) is 1.07. The van der Waals surface area contributed by atoms with E-state index in [2.05, 4.69) is 10.3 Å². The van der Waals surface area contributed by atoms with E-state index < -0.39 is 6.09 Å². The number of benzene rings is 1. The van der Waals surface area contributed by atoms with Crippen LogP contribution in [0.3, 0.4) is 0 Å². The Bertz CT molecular complexity index is 493. The molecule has 1 aromatic carbocycles. The van der Waals surface area contributed by atoms with Crippen molar-refractivity contribution in [3.05, 3.63) is 48.2 Å². The molecule has 0 aliphatic rings. The molecule has 0 saturated carbocycles. The number of nitrogens with zero attached hydrogens (tertiary/aromatic N) is 1. The van der Waals surface area contributed by atoms with Gasteiger partial charge >= 0.3 is 6.09 Å². The third-order valence-electron chi connectivity index (χ3n) is 2.03. The third-order valence-corrected chi connectivity index (χ3v) is 2.03. The van der Waals surface area contributed by atoms with Crippen LogP contribution in [0, 0.1) is 6.92 Å². The standard InChI is InChI=1S/C12H12N2O3/c1-9-14-10(8-16-9)7-13-12(15)17-11-5-3-2-4-6-11/h2-6,8H,7H2,1H3,(H,13,15). The molecule has 0 fully saturated rings. The molecule has 0 saturated heterocycles. The van der Waals surface area contributed by atoms with Crippen LogP contribution in [0.5, 0.6) is 5.75 Å². The lowest BCUT2D eigenvalue weighted by Gasteiger charge is -2.04. The summed E-state index contributed by atoms with van der Waals surface area (Å²) in [5.41, 5.74) is 0.660. The van der Waals surface area contributed by atoms with Gasteiger partial charge in [0.05, 0.1) is 12.2 Å². The Balaban J connectivity index is 1.82. The van der Waals surface area contributed by atoms with Gasteiger partial charge in [0.2, 0.25) is 0 Å². The molecule has 2 aromatic rings. The molecular weight excluding hydrogens is 220 g/mol. The molecule has 0 aliphatic carbocycles. The zero-order chi connectivity index (χ0) is 12.1. The van der Waals surface area contributed by atoms with Gasteiger partial charge in [-0.05, 0) is 12.1 Å². The maximum atomic E-state index is 11.4. The summed E-state index contributed by atoms with van der Waals surface area (Å²) in [6.45, 7) is 2.02. The molecule has 1 heterocycles. The molecule has 0 aliphatic heterocycles. The van der Waals surface area contributed by atoms with Crippen LogP contribution in [0.1, 0.15) is 11.6 Å². The predicted molar refractivity (Wildman–Crippen MR) is 60.5 cm³/mol. The van der Waals surface area contributed by atoms with Crippen LogP contribution in [0.4, 0.5) is 4.79 Å². The van der Waals surface area contributed by atoms with E-state index in [0.717, 1.165) is 0 Å². The highest BCUT2D eigenvalue weighted by Gasteiger charge is 2.05. The topological polar surface area (TPSA) is 64.4 Å². The van der Waals surface area contributed by atoms with E-state index in [1.807, 2.05) is 6.07 Å². The van der Waals surface area contributed by atoms with Crippen molar-refractivity contribution < 1.29 is 13.9 Å². The van der Waals surface area contributed by atoms with Gasteiger partial charge < -0.3 is 14.5 Å². The first-order valence-corrected chi connectivity index (χ1v) is 5.16. The summed E-state index contributed by atoms with van der Waals surface area (Å²) in [4.78, 5) is 15.5. The molecule has 17 heavy (non-hydrogen) atoms. The molecule has 0 atom stereocenters. The lowest BCUT2D eigenvalue weighted by atomic mass is 10.3. The summed E-state index contributed by atoms with van der Waals surface area (Å²) in [6, 6.07) is 8.86. The fraction of sp³-hybridized carbons (Fsp3) is 0.167. The smallest absolute Gasteiger partial charge is 0.412 e. The second kappa shape index (κ2) is 5.16. The number of aryl methyl sites for hydroxylation is 1. The summed E-state index contributed by atoms with van der Waals surface area (Å²) in [5, 5.41) is 2.58. The van der Waals surface area contributed by atoms with E-state index in [1.54, 1.807) is 31.2 Å². The van der Waals surface area contributed by atoms with Crippen LogP contribution in [-0.2, 0) is 6.54 Å². The van der Waals surface area contributed by atoms with Crippen molar-refractivity contribution in [1.82, 2.24) is 10.3 Å². The second-order valence-corrected chi connectivity index (χ2v) is 3.41. The molecule has 0 bridgehead atoms. The van der Waals surface area contributed by atoms with Crippen LogP contribution in [0.2, 0.25) is 0 Å². The quantitative estimate of drug-likeness (QED) is 0.881.